The standard InChI is InChI=1S/C27H35BrN2O3/c1-3-21-14-15-25(24(28)18-21)33-19-26(31)30(17-16-22-10-6-4-7-11-22)20(2)27(32)29-23-12-8-5-9-13-23/h4,6-7,10-11,14-15,18,20,23H,3,5,8-9,12-13,16-17,19H2,1-2H3,(H,29,32)/t20-/m1/s1. The van der Waals surface area contributed by atoms with Crippen LogP contribution >= 0.6 is 15.9 Å². The molecule has 2 aromatic carbocycles. The van der Waals surface area contributed by atoms with Gasteiger partial charge in [-0.25, -0.2) is 0 Å². The maximum Gasteiger partial charge on any atom is 0.261 e. The van der Waals surface area contributed by atoms with E-state index in [1.165, 1.54) is 12.0 Å². The summed E-state index contributed by atoms with van der Waals surface area (Å²) >= 11 is 3.53. The minimum atomic E-state index is -0.558. The van der Waals surface area contributed by atoms with Crippen molar-refractivity contribution in [2.75, 3.05) is 13.2 Å². The maximum absolute atomic E-state index is 13.2. The van der Waals surface area contributed by atoms with E-state index in [9.17, 15) is 9.59 Å². The van der Waals surface area contributed by atoms with Crippen LogP contribution in [-0.2, 0) is 22.4 Å². The molecule has 0 aromatic heterocycles. The van der Waals surface area contributed by atoms with Gasteiger partial charge in [-0.05, 0) is 71.8 Å². The molecule has 33 heavy (non-hydrogen) atoms. The van der Waals surface area contributed by atoms with Crippen molar-refractivity contribution in [1.29, 1.82) is 0 Å². The Balaban J connectivity index is 1.66. The van der Waals surface area contributed by atoms with E-state index in [4.69, 9.17) is 4.74 Å². The number of amides is 2. The highest BCUT2D eigenvalue weighted by Gasteiger charge is 2.28. The van der Waals surface area contributed by atoms with Crippen LogP contribution in [0.15, 0.2) is 53.0 Å². The Bertz CT molecular complexity index is 913. The molecule has 0 saturated heterocycles. The van der Waals surface area contributed by atoms with Gasteiger partial charge in [0.05, 0.1) is 4.47 Å². The van der Waals surface area contributed by atoms with Gasteiger partial charge in [0, 0.05) is 12.6 Å². The Hall–Kier alpha value is -2.34. The van der Waals surface area contributed by atoms with E-state index in [-0.39, 0.29) is 24.5 Å². The fourth-order valence-electron chi connectivity index (χ4n) is 4.24. The maximum atomic E-state index is 13.2. The zero-order chi connectivity index (χ0) is 23.6. The summed E-state index contributed by atoms with van der Waals surface area (Å²) in [5.41, 5.74) is 2.33. The Morgan fingerprint density at radius 1 is 1.09 bits per heavy atom. The van der Waals surface area contributed by atoms with Crippen molar-refractivity contribution in [1.82, 2.24) is 10.2 Å². The molecule has 0 radical (unpaired) electrons. The Morgan fingerprint density at radius 3 is 2.48 bits per heavy atom. The second-order valence-electron chi connectivity index (χ2n) is 8.75. The first-order valence-electron chi connectivity index (χ1n) is 12.0. The molecule has 6 heteroatoms. The third-order valence-electron chi connectivity index (χ3n) is 6.36. The van der Waals surface area contributed by atoms with E-state index < -0.39 is 6.04 Å². The van der Waals surface area contributed by atoms with E-state index >= 15 is 0 Å². The van der Waals surface area contributed by atoms with Gasteiger partial charge in [-0.1, -0.05) is 62.6 Å². The summed E-state index contributed by atoms with van der Waals surface area (Å²) < 4.78 is 6.67. The number of nitrogens with one attached hydrogen (secondary N) is 1. The van der Waals surface area contributed by atoms with Crippen LogP contribution in [0.3, 0.4) is 0 Å². The fraction of sp³-hybridized carbons (Fsp3) is 0.481. The fourth-order valence-corrected chi connectivity index (χ4v) is 4.78. The molecule has 2 amide bonds. The lowest BCUT2D eigenvalue weighted by Crippen LogP contribution is -2.52. The predicted molar refractivity (Wildman–Crippen MR) is 135 cm³/mol. The zero-order valence-electron chi connectivity index (χ0n) is 19.7. The van der Waals surface area contributed by atoms with Crippen LogP contribution in [0.5, 0.6) is 5.75 Å². The summed E-state index contributed by atoms with van der Waals surface area (Å²) in [6, 6.07) is 15.6. The molecule has 2 aromatic rings. The van der Waals surface area contributed by atoms with Gasteiger partial charge in [0.25, 0.3) is 5.91 Å². The molecule has 0 spiro atoms. The molecule has 178 valence electrons. The van der Waals surface area contributed by atoms with E-state index in [1.807, 2.05) is 55.5 Å². The highest BCUT2D eigenvalue weighted by Crippen LogP contribution is 2.26. The Labute approximate surface area is 206 Å². The molecule has 1 N–H and O–H groups in total. The molecule has 1 atom stereocenters. The van der Waals surface area contributed by atoms with Crippen LogP contribution in [0.2, 0.25) is 0 Å². The molecule has 0 unspecified atom stereocenters. The normalized spacial score (nSPS) is 15.0. The summed E-state index contributed by atoms with van der Waals surface area (Å²) in [5.74, 6) is 0.350. The van der Waals surface area contributed by atoms with Crippen molar-refractivity contribution in [2.24, 2.45) is 0 Å². The van der Waals surface area contributed by atoms with Gasteiger partial charge in [-0.3, -0.25) is 9.59 Å². The second-order valence-corrected chi connectivity index (χ2v) is 9.60. The highest BCUT2D eigenvalue weighted by molar-refractivity contribution is 9.10. The highest BCUT2D eigenvalue weighted by atomic mass is 79.9. The van der Waals surface area contributed by atoms with Crippen LogP contribution in [-0.4, -0.2) is 41.9 Å². The summed E-state index contributed by atoms with van der Waals surface area (Å²) in [4.78, 5) is 27.9. The van der Waals surface area contributed by atoms with E-state index in [2.05, 4.69) is 28.2 Å². The van der Waals surface area contributed by atoms with Gasteiger partial charge in [0.2, 0.25) is 5.91 Å². The van der Waals surface area contributed by atoms with Crippen LogP contribution in [0.1, 0.15) is 57.1 Å². The van der Waals surface area contributed by atoms with Gasteiger partial charge < -0.3 is 15.0 Å². The number of carbonyl (C=O) groups is 2. The minimum absolute atomic E-state index is 0.0863. The van der Waals surface area contributed by atoms with Gasteiger partial charge >= 0.3 is 0 Å². The molecular formula is C27H35BrN2O3. The lowest BCUT2D eigenvalue weighted by molar-refractivity contribution is -0.141. The number of rotatable bonds is 10. The number of hydrogen-bond donors (Lipinski definition) is 1. The van der Waals surface area contributed by atoms with Crippen molar-refractivity contribution < 1.29 is 14.3 Å². The first kappa shape index (κ1) is 25.3. The van der Waals surface area contributed by atoms with Crippen LogP contribution in [0, 0.1) is 0 Å². The van der Waals surface area contributed by atoms with Crippen molar-refractivity contribution >= 4 is 27.7 Å². The molecule has 1 saturated carbocycles. The van der Waals surface area contributed by atoms with Gasteiger partial charge in [0.15, 0.2) is 6.61 Å². The molecule has 1 fully saturated rings. The average Bonchev–Trinajstić information content (AvgIpc) is 2.84. The molecule has 0 heterocycles. The number of carbonyl (C=O) groups excluding carboxylic acids is 2. The summed E-state index contributed by atoms with van der Waals surface area (Å²) in [6.45, 7) is 4.25. The van der Waals surface area contributed by atoms with E-state index in [0.29, 0.717) is 18.7 Å². The molecule has 0 aliphatic heterocycles. The molecule has 5 nitrogen and oxygen atoms in total. The van der Waals surface area contributed by atoms with Gasteiger partial charge in [0.1, 0.15) is 11.8 Å². The monoisotopic (exact) mass is 514 g/mol. The summed E-state index contributed by atoms with van der Waals surface area (Å²) in [6.07, 6.45) is 7.17. The zero-order valence-corrected chi connectivity index (χ0v) is 21.3. The topological polar surface area (TPSA) is 58.6 Å². The van der Waals surface area contributed by atoms with Crippen LogP contribution in [0.4, 0.5) is 0 Å². The van der Waals surface area contributed by atoms with Crippen molar-refractivity contribution in [3.05, 3.63) is 64.1 Å². The van der Waals surface area contributed by atoms with Crippen molar-refractivity contribution in [3.63, 3.8) is 0 Å². The Kier molecular flexibility index (Phi) is 9.79. The Morgan fingerprint density at radius 2 is 1.82 bits per heavy atom. The number of halogens is 1. The quantitative estimate of drug-likeness (QED) is 0.467. The second kappa shape index (κ2) is 12.8. The smallest absolute Gasteiger partial charge is 0.261 e. The number of nitrogens with zero attached hydrogens (tertiary/aromatic N) is 1. The third kappa shape index (κ3) is 7.60. The predicted octanol–water partition coefficient (Wildman–Crippen LogP) is 5.30. The average molecular weight is 515 g/mol. The lowest BCUT2D eigenvalue weighted by Gasteiger charge is -2.31. The van der Waals surface area contributed by atoms with E-state index in [1.54, 1.807) is 4.90 Å². The van der Waals surface area contributed by atoms with Gasteiger partial charge in [-0.15, -0.1) is 0 Å². The van der Waals surface area contributed by atoms with E-state index in [0.717, 1.165) is 42.1 Å². The number of aryl methyl sites for hydroxylation is 1. The molecular weight excluding hydrogens is 480 g/mol. The number of benzene rings is 2. The summed E-state index contributed by atoms with van der Waals surface area (Å²) in [5, 5.41) is 3.17. The van der Waals surface area contributed by atoms with Crippen molar-refractivity contribution in [2.45, 2.75) is 70.9 Å². The molecule has 0 bridgehead atoms. The van der Waals surface area contributed by atoms with Crippen molar-refractivity contribution in [3.8, 4) is 5.75 Å². The van der Waals surface area contributed by atoms with Gasteiger partial charge in [-0.2, -0.15) is 0 Å². The number of ether oxygens (including phenoxy) is 1. The SMILES string of the molecule is CCc1ccc(OCC(=O)N(CCc2ccccc2)[C@H](C)C(=O)NC2CCCCC2)c(Br)c1. The van der Waals surface area contributed by atoms with Crippen LogP contribution < -0.4 is 10.1 Å². The summed E-state index contributed by atoms with van der Waals surface area (Å²) in [7, 11) is 0. The largest absolute Gasteiger partial charge is 0.483 e. The minimum Gasteiger partial charge on any atom is -0.483 e. The third-order valence-corrected chi connectivity index (χ3v) is 6.98. The first-order chi connectivity index (χ1) is 16.0. The molecule has 1 aliphatic rings. The number of hydrogen-bond acceptors (Lipinski definition) is 3. The molecule has 1 aliphatic carbocycles. The lowest BCUT2D eigenvalue weighted by atomic mass is 9.95. The van der Waals surface area contributed by atoms with Crippen LogP contribution in [0.25, 0.3) is 0 Å². The first-order valence-corrected chi connectivity index (χ1v) is 12.8. The molecule has 3 rings (SSSR count).